The van der Waals surface area contributed by atoms with Gasteiger partial charge in [0.05, 0.1) is 11.6 Å². The van der Waals surface area contributed by atoms with Crippen LogP contribution < -0.4 is 0 Å². The summed E-state index contributed by atoms with van der Waals surface area (Å²) in [4.78, 5) is 22.8. The lowest BCUT2D eigenvalue weighted by molar-refractivity contribution is 0.0722. The van der Waals surface area contributed by atoms with Gasteiger partial charge in [-0.25, -0.2) is 4.98 Å². The van der Waals surface area contributed by atoms with Crippen LogP contribution in [-0.2, 0) is 13.0 Å². The monoisotopic (exact) mass is 312 g/mol. The smallest absolute Gasteiger partial charge is 0.255 e. The van der Waals surface area contributed by atoms with Gasteiger partial charge >= 0.3 is 0 Å². The quantitative estimate of drug-likeness (QED) is 0.923. The fourth-order valence-electron chi connectivity index (χ4n) is 3.77. The summed E-state index contributed by atoms with van der Waals surface area (Å²) in [6.07, 6.45) is 11.3. The number of carbonyl (C=O) groups excluding carboxylic acids is 1. The van der Waals surface area contributed by atoms with Gasteiger partial charge < -0.3 is 14.5 Å². The fourth-order valence-corrected chi connectivity index (χ4v) is 3.77. The van der Waals surface area contributed by atoms with Crippen LogP contribution in [0.5, 0.6) is 0 Å². The van der Waals surface area contributed by atoms with Gasteiger partial charge in [0.2, 0.25) is 0 Å². The van der Waals surface area contributed by atoms with Crippen LogP contribution in [0.15, 0.2) is 24.7 Å². The second kappa shape index (κ2) is 5.87. The van der Waals surface area contributed by atoms with E-state index in [2.05, 4.69) is 26.4 Å². The first-order valence-electron chi connectivity index (χ1n) is 8.76. The molecule has 1 amide bonds. The molecule has 0 bridgehead atoms. The van der Waals surface area contributed by atoms with Gasteiger partial charge in [-0.15, -0.1) is 0 Å². The predicted octanol–water partition coefficient (Wildman–Crippen LogP) is 2.96. The molecule has 2 fully saturated rings. The molecule has 1 aliphatic carbocycles. The summed E-state index contributed by atoms with van der Waals surface area (Å²) in [6, 6.07) is 2.24. The molecule has 3 heterocycles. The zero-order chi connectivity index (χ0) is 15.8. The summed E-state index contributed by atoms with van der Waals surface area (Å²) in [5, 5.41) is 0. The summed E-state index contributed by atoms with van der Waals surface area (Å²) in [5.41, 5.74) is 2.04. The van der Waals surface area contributed by atoms with Crippen LogP contribution in [0, 0.1) is 0 Å². The molecule has 122 valence electrons. The third-order valence-electron chi connectivity index (χ3n) is 5.16. The van der Waals surface area contributed by atoms with Crippen molar-refractivity contribution in [2.45, 2.75) is 57.5 Å². The van der Waals surface area contributed by atoms with E-state index in [1.807, 2.05) is 24.7 Å². The molecule has 4 rings (SSSR count). The van der Waals surface area contributed by atoms with E-state index in [0.29, 0.717) is 5.92 Å². The van der Waals surface area contributed by atoms with E-state index in [4.69, 9.17) is 0 Å². The molecule has 2 aromatic heterocycles. The molecule has 0 spiro atoms. The van der Waals surface area contributed by atoms with Crippen molar-refractivity contribution in [1.29, 1.82) is 0 Å². The van der Waals surface area contributed by atoms with E-state index >= 15 is 0 Å². The van der Waals surface area contributed by atoms with Crippen LogP contribution in [0.4, 0.5) is 0 Å². The van der Waals surface area contributed by atoms with Crippen molar-refractivity contribution in [2.75, 3.05) is 6.54 Å². The third kappa shape index (κ3) is 2.69. The van der Waals surface area contributed by atoms with E-state index < -0.39 is 0 Å². The number of aryl methyl sites for hydroxylation is 1. The van der Waals surface area contributed by atoms with Crippen molar-refractivity contribution in [3.05, 3.63) is 41.7 Å². The number of hydrogen-bond donors (Lipinski definition) is 1. The summed E-state index contributed by atoms with van der Waals surface area (Å²) < 4.78 is 2.20. The van der Waals surface area contributed by atoms with Gasteiger partial charge in [-0.1, -0.05) is 6.92 Å². The number of aromatic nitrogens is 3. The van der Waals surface area contributed by atoms with Crippen LogP contribution in [-0.4, -0.2) is 37.9 Å². The van der Waals surface area contributed by atoms with E-state index in [0.717, 1.165) is 49.4 Å². The molecule has 2 aromatic rings. The average molecular weight is 312 g/mol. The van der Waals surface area contributed by atoms with Crippen LogP contribution in [0.25, 0.3) is 0 Å². The third-order valence-corrected chi connectivity index (χ3v) is 5.16. The maximum Gasteiger partial charge on any atom is 0.255 e. The minimum Gasteiger partial charge on any atom is -0.364 e. The Morgan fingerprint density at radius 1 is 1.39 bits per heavy atom. The lowest BCUT2D eigenvalue weighted by Gasteiger charge is -2.26. The standard InChI is InChI=1S/C18H24N4O/c1-2-16-19-9-11-21(16)12-14-4-3-10-22(14)18(23)15-7-8-20-17(15)13-5-6-13/h7-9,11,13-14,20H,2-6,10,12H2,1H3. The summed E-state index contributed by atoms with van der Waals surface area (Å²) >= 11 is 0. The molecular formula is C18H24N4O. The molecule has 1 N–H and O–H groups in total. The van der Waals surface area contributed by atoms with Gasteiger partial charge in [-0.3, -0.25) is 4.79 Å². The number of likely N-dealkylation sites (tertiary alicyclic amines) is 1. The number of rotatable bonds is 5. The highest BCUT2D eigenvalue weighted by atomic mass is 16.2. The van der Waals surface area contributed by atoms with Gasteiger partial charge in [0, 0.05) is 43.8 Å². The highest BCUT2D eigenvalue weighted by Gasteiger charge is 2.34. The number of amides is 1. The van der Waals surface area contributed by atoms with Crippen molar-refractivity contribution >= 4 is 5.91 Å². The number of hydrogen-bond acceptors (Lipinski definition) is 2. The molecule has 5 heteroatoms. The lowest BCUT2D eigenvalue weighted by atomic mass is 10.1. The van der Waals surface area contributed by atoms with Crippen LogP contribution in [0.3, 0.4) is 0 Å². The normalized spacial score (nSPS) is 21.1. The average Bonchev–Trinajstić information content (AvgIpc) is 2.99. The predicted molar refractivity (Wildman–Crippen MR) is 88.4 cm³/mol. The number of aromatic amines is 1. The van der Waals surface area contributed by atoms with E-state index in [-0.39, 0.29) is 11.9 Å². The Morgan fingerprint density at radius 2 is 2.26 bits per heavy atom. The Kier molecular flexibility index (Phi) is 3.71. The van der Waals surface area contributed by atoms with Crippen molar-refractivity contribution in [2.24, 2.45) is 0 Å². The van der Waals surface area contributed by atoms with Gasteiger partial charge in [-0.2, -0.15) is 0 Å². The first-order chi connectivity index (χ1) is 11.3. The number of nitrogens with zero attached hydrogens (tertiary/aromatic N) is 3. The Bertz CT molecular complexity index is 697. The van der Waals surface area contributed by atoms with Crippen LogP contribution in [0.1, 0.15) is 60.4 Å². The lowest BCUT2D eigenvalue weighted by Crippen LogP contribution is -2.38. The summed E-state index contributed by atoms with van der Waals surface area (Å²) in [5.74, 6) is 1.88. The first kappa shape index (κ1) is 14.5. The highest BCUT2D eigenvalue weighted by molar-refractivity contribution is 5.96. The van der Waals surface area contributed by atoms with Crippen molar-refractivity contribution in [1.82, 2.24) is 19.4 Å². The van der Waals surface area contributed by atoms with Gasteiger partial charge in [-0.05, 0) is 37.7 Å². The van der Waals surface area contributed by atoms with Gasteiger partial charge in [0.15, 0.2) is 0 Å². The number of imidazole rings is 1. The molecule has 23 heavy (non-hydrogen) atoms. The Morgan fingerprint density at radius 3 is 3.04 bits per heavy atom. The first-order valence-corrected chi connectivity index (χ1v) is 8.76. The topological polar surface area (TPSA) is 53.9 Å². The Labute approximate surface area is 136 Å². The fraction of sp³-hybridized carbons (Fsp3) is 0.556. The number of carbonyl (C=O) groups is 1. The second-order valence-corrected chi connectivity index (χ2v) is 6.72. The zero-order valence-corrected chi connectivity index (χ0v) is 13.7. The largest absolute Gasteiger partial charge is 0.364 e. The highest BCUT2D eigenvalue weighted by Crippen LogP contribution is 2.41. The summed E-state index contributed by atoms with van der Waals surface area (Å²) in [7, 11) is 0. The van der Waals surface area contributed by atoms with Crippen molar-refractivity contribution in [3.63, 3.8) is 0 Å². The molecule has 1 saturated carbocycles. The van der Waals surface area contributed by atoms with E-state index in [1.165, 1.54) is 12.8 Å². The van der Waals surface area contributed by atoms with E-state index in [9.17, 15) is 4.79 Å². The minimum absolute atomic E-state index is 0.203. The maximum atomic E-state index is 13.0. The SMILES string of the molecule is CCc1nccn1CC1CCCN1C(=O)c1cc[nH]c1C1CC1. The minimum atomic E-state index is 0.203. The van der Waals surface area contributed by atoms with Crippen LogP contribution >= 0.6 is 0 Å². The van der Waals surface area contributed by atoms with Crippen molar-refractivity contribution in [3.8, 4) is 0 Å². The Hall–Kier alpha value is -2.04. The molecule has 5 nitrogen and oxygen atoms in total. The van der Waals surface area contributed by atoms with Gasteiger partial charge in [0.25, 0.3) is 5.91 Å². The van der Waals surface area contributed by atoms with Gasteiger partial charge in [0.1, 0.15) is 5.82 Å². The van der Waals surface area contributed by atoms with Crippen LogP contribution in [0.2, 0.25) is 0 Å². The molecule has 2 aliphatic rings. The molecule has 0 radical (unpaired) electrons. The van der Waals surface area contributed by atoms with Crippen molar-refractivity contribution < 1.29 is 4.79 Å². The number of nitrogens with one attached hydrogen (secondary N) is 1. The molecule has 1 atom stereocenters. The zero-order valence-electron chi connectivity index (χ0n) is 13.7. The molecule has 0 aromatic carbocycles. The Balaban J connectivity index is 1.53. The second-order valence-electron chi connectivity index (χ2n) is 6.72. The summed E-state index contributed by atoms with van der Waals surface area (Å²) in [6.45, 7) is 3.85. The molecule has 1 aliphatic heterocycles. The maximum absolute atomic E-state index is 13.0. The molecule has 1 unspecified atom stereocenters. The number of H-pyrrole nitrogens is 1. The molecular weight excluding hydrogens is 288 g/mol. The van der Waals surface area contributed by atoms with E-state index in [1.54, 1.807) is 0 Å². The molecule has 1 saturated heterocycles.